The van der Waals surface area contributed by atoms with Crippen LogP contribution in [-0.4, -0.2) is 28.0 Å². The van der Waals surface area contributed by atoms with Gasteiger partial charge in [0.1, 0.15) is 5.15 Å². The van der Waals surface area contributed by atoms with Gasteiger partial charge in [0.2, 0.25) is 11.9 Å². The number of rotatable bonds is 4. The summed E-state index contributed by atoms with van der Waals surface area (Å²) in [6.07, 6.45) is 1.49. The molecule has 0 aliphatic heterocycles. The molecule has 0 spiro atoms. The van der Waals surface area contributed by atoms with Crippen LogP contribution in [0.15, 0.2) is 12.3 Å². The minimum atomic E-state index is -0.666. The molecule has 6 heteroatoms. The lowest BCUT2D eigenvalue weighted by Crippen LogP contribution is -2.49. The Morgan fingerprint density at radius 3 is 2.81 bits per heavy atom. The van der Waals surface area contributed by atoms with Crippen molar-refractivity contribution in [1.29, 1.82) is 0 Å². The number of hydrogen-bond acceptors (Lipinski definition) is 4. The van der Waals surface area contributed by atoms with Gasteiger partial charge in [-0.1, -0.05) is 18.5 Å². The van der Waals surface area contributed by atoms with E-state index in [0.29, 0.717) is 11.7 Å². The van der Waals surface area contributed by atoms with Crippen LogP contribution in [0.5, 0.6) is 0 Å². The Morgan fingerprint density at radius 1 is 1.56 bits per heavy atom. The predicted octanol–water partition coefficient (Wildman–Crippen LogP) is 1.46. The van der Waals surface area contributed by atoms with E-state index in [1.807, 2.05) is 6.92 Å². The van der Waals surface area contributed by atoms with Crippen molar-refractivity contribution in [3.63, 3.8) is 0 Å². The van der Waals surface area contributed by atoms with Crippen molar-refractivity contribution in [3.8, 4) is 0 Å². The Hall–Kier alpha value is -1.20. The first kappa shape index (κ1) is 12.9. The highest BCUT2D eigenvalue weighted by atomic mass is 35.5. The zero-order valence-electron chi connectivity index (χ0n) is 9.54. The standard InChI is InChI=1S/C10H15ClN4O/c1-4-13-10(2,3)8(16)15-9-12-6-5-7(11)14-9/h5-6,13H,4H2,1-3H3,(H,12,14,15,16). The lowest BCUT2D eigenvalue weighted by Gasteiger charge is -2.23. The first-order chi connectivity index (χ1) is 7.45. The molecule has 0 fully saturated rings. The summed E-state index contributed by atoms with van der Waals surface area (Å²) in [6, 6.07) is 1.55. The molecule has 1 aromatic rings. The first-order valence-electron chi connectivity index (χ1n) is 5.00. The fourth-order valence-corrected chi connectivity index (χ4v) is 1.31. The molecule has 0 bridgehead atoms. The number of aromatic nitrogens is 2. The number of likely N-dealkylation sites (N-methyl/N-ethyl adjacent to an activating group) is 1. The molecule has 0 radical (unpaired) electrons. The van der Waals surface area contributed by atoms with Crippen LogP contribution in [0.25, 0.3) is 0 Å². The van der Waals surface area contributed by atoms with Gasteiger partial charge >= 0.3 is 0 Å². The molecule has 0 aromatic carbocycles. The Kier molecular flexibility index (Phi) is 4.20. The molecule has 0 aliphatic rings. The van der Waals surface area contributed by atoms with E-state index in [1.54, 1.807) is 19.9 Å². The Bertz CT molecular complexity index is 381. The van der Waals surface area contributed by atoms with Crippen LogP contribution in [0.4, 0.5) is 5.95 Å². The van der Waals surface area contributed by atoms with E-state index in [2.05, 4.69) is 20.6 Å². The van der Waals surface area contributed by atoms with E-state index in [1.165, 1.54) is 6.20 Å². The van der Waals surface area contributed by atoms with Gasteiger partial charge in [0.05, 0.1) is 5.54 Å². The zero-order chi connectivity index (χ0) is 12.2. The summed E-state index contributed by atoms with van der Waals surface area (Å²) in [5.41, 5.74) is -0.666. The minimum Gasteiger partial charge on any atom is -0.304 e. The fourth-order valence-electron chi connectivity index (χ4n) is 1.18. The highest BCUT2D eigenvalue weighted by Crippen LogP contribution is 2.09. The fraction of sp³-hybridized carbons (Fsp3) is 0.500. The lowest BCUT2D eigenvalue weighted by molar-refractivity contribution is -0.121. The van der Waals surface area contributed by atoms with Crippen molar-refractivity contribution in [3.05, 3.63) is 17.4 Å². The van der Waals surface area contributed by atoms with Crippen LogP contribution in [-0.2, 0) is 4.79 Å². The number of carbonyl (C=O) groups is 1. The first-order valence-corrected chi connectivity index (χ1v) is 5.38. The molecule has 1 rings (SSSR count). The third kappa shape index (κ3) is 3.43. The van der Waals surface area contributed by atoms with Crippen LogP contribution in [0.3, 0.4) is 0 Å². The quantitative estimate of drug-likeness (QED) is 0.785. The second-order valence-corrected chi connectivity index (χ2v) is 4.20. The molecule has 0 unspecified atom stereocenters. The van der Waals surface area contributed by atoms with Gasteiger partial charge in [0, 0.05) is 6.20 Å². The molecule has 0 aliphatic carbocycles. The summed E-state index contributed by atoms with van der Waals surface area (Å²) < 4.78 is 0. The van der Waals surface area contributed by atoms with E-state index in [0.717, 1.165) is 0 Å². The van der Waals surface area contributed by atoms with Gasteiger partial charge in [-0.2, -0.15) is 0 Å². The van der Waals surface area contributed by atoms with Crippen LogP contribution in [0, 0.1) is 0 Å². The summed E-state index contributed by atoms with van der Waals surface area (Å²) in [5, 5.41) is 5.95. The second-order valence-electron chi connectivity index (χ2n) is 3.81. The summed E-state index contributed by atoms with van der Waals surface area (Å²) in [5.74, 6) is 0.0140. The number of anilines is 1. The molecule has 16 heavy (non-hydrogen) atoms. The third-order valence-electron chi connectivity index (χ3n) is 2.03. The van der Waals surface area contributed by atoms with Crippen molar-refractivity contribution < 1.29 is 4.79 Å². The largest absolute Gasteiger partial charge is 0.304 e. The number of nitrogens with zero attached hydrogens (tertiary/aromatic N) is 2. The van der Waals surface area contributed by atoms with Gasteiger partial charge in [-0.05, 0) is 26.5 Å². The van der Waals surface area contributed by atoms with E-state index < -0.39 is 5.54 Å². The Labute approximate surface area is 99.6 Å². The molecule has 88 valence electrons. The van der Waals surface area contributed by atoms with Gasteiger partial charge in [-0.15, -0.1) is 0 Å². The lowest BCUT2D eigenvalue weighted by atomic mass is 10.1. The molecule has 5 nitrogen and oxygen atoms in total. The van der Waals surface area contributed by atoms with Crippen molar-refractivity contribution in [1.82, 2.24) is 15.3 Å². The Morgan fingerprint density at radius 2 is 2.25 bits per heavy atom. The summed E-state index contributed by atoms with van der Waals surface area (Å²) in [6.45, 7) is 6.22. The normalized spacial score (nSPS) is 11.2. The van der Waals surface area contributed by atoms with E-state index in [4.69, 9.17) is 11.6 Å². The van der Waals surface area contributed by atoms with Crippen LogP contribution in [0.1, 0.15) is 20.8 Å². The van der Waals surface area contributed by atoms with Gasteiger partial charge in [0.15, 0.2) is 0 Å². The minimum absolute atomic E-state index is 0.198. The average molecular weight is 243 g/mol. The molecular formula is C10H15ClN4O. The summed E-state index contributed by atoms with van der Waals surface area (Å²) in [7, 11) is 0. The highest BCUT2D eigenvalue weighted by Gasteiger charge is 2.26. The van der Waals surface area contributed by atoms with Crippen molar-refractivity contribution in [2.24, 2.45) is 0 Å². The summed E-state index contributed by atoms with van der Waals surface area (Å²) in [4.78, 5) is 19.6. The van der Waals surface area contributed by atoms with Gasteiger partial charge in [-0.25, -0.2) is 9.97 Å². The highest BCUT2D eigenvalue weighted by molar-refractivity contribution is 6.29. The second kappa shape index (κ2) is 5.23. The number of halogens is 1. The topological polar surface area (TPSA) is 66.9 Å². The van der Waals surface area contributed by atoms with Crippen LogP contribution < -0.4 is 10.6 Å². The van der Waals surface area contributed by atoms with Gasteiger partial charge in [-0.3, -0.25) is 10.1 Å². The predicted molar refractivity (Wildman–Crippen MR) is 63.4 cm³/mol. The van der Waals surface area contributed by atoms with E-state index in [-0.39, 0.29) is 11.9 Å². The maximum Gasteiger partial charge on any atom is 0.246 e. The van der Waals surface area contributed by atoms with Crippen LogP contribution >= 0.6 is 11.6 Å². The van der Waals surface area contributed by atoms with Gasteiger partial charge < -0.3 is 5.32 Å². The number of carbonyl (C=O) groups excluding carboxylic acids is 1. The molecule has 0 saturated heterocycles. The smallest absolute Gasteiger partial charge is 0.246 e. The van der Waals surface area contributed by atoms with Crippen molar-refractivity contribution in [2.45, 2.75) is 26.3 Å². The van der Waals surface area contributed by atoms with E-state index >= 15 is 0 Å². The van der Waals surface area contributed by atoms with Crippen LogP contribution in [0.2, 0.25) is 5.15 Å². The maximum atomic E-state index is 11.8. The third-order valence-corrected chi connectivity index (χ3v) is 2.24. The zero-order valence-corrected chi connectivity index (χ0v) is 10.3. The summed E-state index contributed by atoms with van der Waals surface area (Å²) >= 11 is 5.69. The molecule has 0 saturated carbocycles. The van der Waals surface area contributed by atoms with Crippen molar-refractivity contribution >= 4 is 23.5 Å². The molecule has 2 N–H and O–H groups in total. The van der Waals surface area contributed by atoms with E-state index in [9.17, 15) is 4.79 Å². The Balaban J connectivity index is 2.71. The molecule has 0 atom stereocenters. The number of hydrogen-bond donors (Lipinski definition) is 2. The molecule has 1 aromatic heterocycles. The molecular weight excluding hydrogens is 228 g/mol. The average Bonchev–Trinajstić information content (AvgIpc) is 2.17. The number of amides is 1. The maximum absolute atomic E-state index is 11.8. The molecule has 1 amide bonds. The molecule has 1 heterocycles. The SMILES string of the molecule is CCNC(C)(C)C(=O)Nc1nccc(Cl)n1. The number of nitrogens with one attached hydrogen (secondary N) is 2. The van der Waals surface area contributed by atoms with Crippen molar-refractivity contribution in [2.75, 3.05) is 11.9 Å². The monoisotopic (exact) mass is 242 g/mol. The van der Waals surface area contributed by atoms with Gasteiger partial charge in [0.25, 0.3) is 0 Å².